The Hall–Kier alpha value is -0.250. The zero-order valence-corrected chi connectivity index (χ0v) is 13.8. The minimum atomic E-state index is -0.200. The fourth-order valence-corrected chi connectivity index (χ4v) is 2.88. The number of aryl methyl sites for hydroxylation is 2. The molecular weight excluding hydrogens is 378 g/mol. The van der Waals surface area contributed by atoms with Crippen LogP contribution in [0.5, 0.6) is 0 Å². The number of alkyl halides is 1. The van der Waals surface area contributed by atoms with Crippen molar-refractivity contribution in [2.45, 2.75) is 19.2 Å². The fourth-order valence-electron chi connectivity index (χ4n) is 1.81. The molecule has 0 aliphatic heterocycles. The molecular formula is C15H13Cl2I. The predicted octanol–water partition coefficient (Wildman–Crippen LogP) is 5.89. The first-order valence-corrected chi connectivity index (χ1v) is 7.54. The van der Waals surface area contributed by atoms with E-state index in [1.54, 1.807) is 0 Å². The highest BCUT2D eigenvalue weighted by Gasteiger charge is 2.15. The lowest BCUT2D eigenvalue weighted by atomic mass is 10.00. The Kier molecular flexibility index (Phi) is 4.57. The molecule has 0 heterocycles. The molecule has 0 saturated heterocycles. The third kappa shape index (κ3) is 3.01. The second kappa shape index (κ2) is 5.81. The fraction of sp³-hybridized carbons (Fsp3) is 0.200. The van der Waals surface area contributed by atoms with E-state index in [1.807, 2.05) is 18.2 Å². The summed E-state index contributed by atoms with van der Waals surface area (Å²) in [5.41, 5.74) is 4.45. The van der Waals surface area contributed by atoms with Crippen LogP contribution < -0.4 is 0 Å². The first-order chi connectivity index (χ1) is 8.49. The minimum Gasteiger partial charge on any atom is -0.113 e. The molecule has 2 rings (SSSR count). The lowest BCUT2D eigenvalue weighted by molar-refractivity contribution is 1.12. The van der Waals surface area contributed by atoms with Gasteiger partial charge in [-0.05, 0) is 76.9 Å². The molecule has 2 aromatic carbocycles. The normalized spacial score (nSPS) is 12.5. The van der Waals surface area contributed by atoms with E-state index in [4.69, 9.17) is 23.2 Å². The number of rotatable bonds is 2. The van der Waals surface area contributed by atoms with Crippen LogP contribution in [0.4, 0.5) is 0 Å². The van der Waals surface area contributed by atoms with Crippen LogP contribution in [0, 0.1) is 17.4 Å². The highest BCUT2D eigenvalue weighted by molar-refractivity contribution is 14.1. The maximum absolute atomic E-state index is 6.53. The van der Waals surface area contributed by atoms with Gasteiger partial charge in [0, 0.05) is 8.59 Å². The summed E-state index contributed by atoms with van der Waals surface area (Å²) >= 11 is 15.1. The molecule has 2 aromatic rings. The Balaban J connectivity index is 2.42. The van der Waals surface area contributed by atoms with E-state index in [0.717, 1.165) is 16.1 Å². The van der Waals surface area contributed by atoms with Crippen molar-refractivity contribution < 1.29 is 0 Å². The van der Waals surface area contributed by atoms with E-state index >= 15 is 0 Å². The molecule has 0 N–H and O–H groups in total. The molecule has 0 spiro atoms. The summed E-state index contributed by atoms with van der Waals surface area (Å²) in [5.74, 6) is 0. The van der Waals surface area contributed by atoms with Crippen LogP contribution in [0.1, 0.15) is 27.6 Å². The lowest BCUT2D eigenvalue weighted by Crippen LogP contribution is -1.96. The summed E-state index contributed by atoms with van der Waals surface area (Å²) in [6, 6.07) is 12.3. The van der Waals surface area contributed by atoms with E-state index in [2.05, 4.69) is 54.6 Å². The zero-order valence-electron chi connectivity index (χ0n) is 10.2. The first kappa shape index (κ1) is 14.2. The third-order valence-corrected chi connectivity index (χ3v) is 4.58. The van der Waals surface area contributed by atoms with Crippen molar-refractivity contribution in [3.8, 4) is 0 Å². The summed E-state index contributed by atoms with van der Waals surface area (Å²) in [4.78, 5) is 0. The van der Waals surface area contributed by atoms with Crippen molar-refractivity contribution in [2.24, 2.45) is 0 Å². The average Bonchev–Trinajstić information content (AvgIpc) is 2.34. The maximum Gasteiger partial charge on any atom is 0.0849 e. The molecule has 0 saturated carbocycles. The maximum atomic E-state index is 6.53. The van der Waals surface area contributed by atoms with Crippen LogP contribution in [-0.2, 0) is 0 Å². The number of hydrogen-bond donors (Lipinski definition) is 0. The largest absolute Gasteiger partial charge is 0.113 e. The molecule has 0 fully saturated rings. The third-order valence-electron chi connectivity index (χ3n) is 3.05. The van der Waals surface area contributed by atoms with Crippen molar-refractivity contribution in [3.63, 3.8) is 0 Å². The predicted molar refractivity (Wildman–Crippen MR) is 87.8 cm³/mol. The van der Waals surface area contributed by atoms with Crippen molar-refractivity contribution in [3.05, 3.63) is 67.2 Å². The van der Waals surface area contributed by atoms with Gasteiger partial charge in [0.15, 0.2) is 0 Å². The van der Waals surface area contributed by atoms with Crippen LogP contribution >= 0.6 is 45.8 Å². The van der Waals surface area contributed by atoms with Gasteiger partial charge in [-0.1, -0.05) is 29.8 Å². The van der Waals surface area contributed by atoms with Gasteiger partial charge in [-0.25, -0.2) is 0 Å². The first-order valence-electron chi connectivity index (χ1n) is 5.65. The summed E-state index contributed by atoms with van der Waals surface area (Å²) in [6.07, 6.45) is 0. The summed E-state index contributed by atoms with van der Waals surface area (Å²) in [6.45, 7) is 4.13. The van der Waals surface area contributed by atoms with Gasteiger partial charge in [-0.2, -0.15) is 0 Å². The van der Waals surface area contributed by atoms with Crippen molar-refractivity contribution in [1.82, 2.24) is 0 Å². The SMILES string of the molecule is Cc1cc(Cl)c(C(Cl)c2ccc(I)cc2)cc1C. The smallest absolute Gasteiger partial charge is 0.0849 e. The van der Waals surface area contributed by atoms with Gasteiger partial charge in [0.25, 0.3) is 0 Å². The summed E-state index contributed by atoms with van der Waals surface area (Å²) < 4.78 is 1.20. The lowest BCUT2D eigenvalue weighted by Gasteiger charge is -2.14. The Morgan fingerprint density at radius 3 is 2.17 bits per heavy atom. The van der Waals surface area contributed by atoms with Gasteiger partial charge in [-0.15, -0.1) is 11.6 Å². The van der Waals surface area contributed by atoms with Crippen LogP contribution in [0.2, 0.25) is 5.02 Å². The molecule has 94 valence electrons. The topological polar surface area (TPSA) is 0 Å². The van der Waals surface area contributed by atoms with E-state index in [-0.39, 0.29) is 5.38 Å². The highest BCUT2D eigenvalue weighted by Crippen LogP contribution is 2.35. The van der Waals surface area contributed by atoms with Crippen LogP contribution in [-0.4, -0.2) is 0 Å². The molecule has 0 amide bonds. The van der Waals surface area contributed by atoms with E-state index in [1.165, 1.54) is 14.7 Å². The second-order valence-electron chi connectivity index (χ2n) is 4.37. The Labute approximate surface area is 131 Å². The zero-order chi connectivity index (χ0) is 13.3. The molecule has 18 heavy (non-hydrogen) atoms. The molecule has 0 nitrogen and oxygen atoms in total. The van der Waals surface area contributed by atoms with Crippen LogP contribution in [0.3, 0.4) is 0 Å². The molecule has 0 radical (unpaired) electrons. The summed E-state index contributed by atoms with van der Waals surface area (Å²) in [5, 5.41) is 0.533. The number of benzene rings is 2. The van der Waals surface area contributed by atoms with Crippen LogP contribution in [0.25, 0.3) is 0 Å². The Morgan fingerprint density at radius 2 is 1.56 bits per heavy atom. The Morgan fingerprint density at radius 1 is 1.00 bits per heavy atom. The van der Waals surface area contributed by atoms with Crippen LogP contribution in [0.15, 0.2) is 36.4 Å². The molecule has 0 bridgehead atoms. The monoisotopic (exact) mass is 390 g/mol. The van der Waals surface area contributed by atoms with Crippen molar-refractivity contribution >= 4 is 45.8 Å². The number of hydrogen-bond acceptors (Lipinski definition) is 0. The van der Waals surface area contributed by atoms with Gasteiger partial charge >= 0.3 is 0 Å². The standard InChI is InChI=1S/C15H13Cl2I/c1-9-7-13(14(16)8-10(9)2)15(17)11-3-5-12(18)6-4-11/h3-8,15H,1-2H3. The average molecular weight is 391 g/mol. The van der Waals surface area contributed by atoms with Gasteiger partial charge < -0.3 is 0 Å². The quantitative estimate of drug-likeness (QED) is 0.443. The Bertz CT molecular complexity index is 561. The van der Waals surface area contributed by atoms with Gasteiger partial charge in [0.05, 0.1) is 5.38 Å². The molecule has 1 unspecified atom stereocenters. The second-order valence-corrected chi connectivity index (χ2v) is 6.46. The van der Waals surface area contributed by atoms with Gasteiger partial charge in [0.2, 0.25) is 0 Å². The van der Waals surface area contributed by atoms with Crippen molar-refractivity contribution in [1.29, 1.82) is 0 Å². The number of halogens is 3. The van der Waals surface area contributed by atoms with E-state index in [9.17, 15) is 0 Å². The van der Waals surface area contributed by atoms with Gasteiger partial charge in [-0.3, -0.25) is 0 Å². The van der Waals surface area contributed by atoms with E-state index < -0.39 is 0 Å². The molecule has 3 heteroatoms. The van der Waals surface area contributed by atoms with Crippen molar-refractivity contribution in [2.75, 3.05) is 0 Å². The molecule has 0 aliphatic carbocycles. The molecule has 0 aromatic heterocycles. The highest BCUT2D eigenvalue weighted by atomic mass is 127. The summed E-state index contributed by atoms with van der Waals surface area (Å²) in [7, 11) is 0. The van der Waals surface area contributed by atoms with E-state index in [0.29, 0.717) is 0 Å². The molecule has 0 aliphatic rings. The minimum absolute atomic E-state index is 0.200. The molecule has 1 atom stereocenters. The van der Waals surface area contributed by atoms with Gasteiger partial charge in [0.1, 0.15) is 0 Å².